The Morgan fingerprint density at radius 1 is 1.35 bits per heavy atom. The zero-order chi connectivity index (χ0) is 12.3. The largest absolute Gasteiger partial charge is 0.508 e. The summed E-state index contributed by atoms with van der Waals surface area (Å²) in [4.78, 5) is 2.47. The number of likely N-dealkylation sites (N-methyl/N-ethyl adjacent to an activating group) is 1. The monoisotopic (exact) mass is 234 g/mol. The van der Waals surface area contributed by atoms with Gasteiger partial charge in [-0.05, 0) is 44.5 Å². The van der Waals surface area contributed by atoms with Crippen molar-refractivity contribution in [3.63, 3.8) is 0 Å². The van der Waals surface area contributed by atoms with Crippen molar-refractivity contribution < 1.29 is 5.11 Å². The van der Waals surface area contributed by atoms with Gasteiger partial charge in [0, 0.05) is 25.2 Å². The second-order valence-corrected chi connectivity index (χ2v) is 5.03. The van der Waals surface area contributed by atoms with E-state index in [0.717, 1.165) is 25.9 Å². The number of phenols is 1. The molecule has 0 radical (unpaired) electrons. The van der Waals surface area contributed by atoms with Gasteiger partial charge in [0.2, 0.25) is 0 Å². The van der Waals surface area contributed by atoms with Crippen LogP contribution in [0.4, 0.5) is 0 Å². The summed E-state index contributed by atoms with van der Waals surface area (Å²) >= 11 is 0. The van der Waals surface area contributed by atoms with Crippen molar-refractivity contribution in [2.45, 2.75) is 31.8 Å². The summed E-state index contributed by atoms with van der Waals surface area (Å²) in [5.41, 5.74) is 1.30. The molecule has 3 nitrogen and oxygen atoms in total. The van der Waals surface area contributed by atoms with Gasteiger partial charge >= 0.3 is 0 Å². The van der Waals surface area contributed by atoms with Gasteiger partial charge in [0.05, 0.1) is 0 Å². The summed E-state index contributed by atoms with van der Waals surface area (Å²) in [6.45, 7) is 4.54. The van der Waals surface area contributed by atoms with Crippen molar-refractivity contribution in [3.05, 3.63) is 29.8 Å². The van der Waals surface area contributed by atoms with E-state index in [2.05, 4.69) is 24.2 Å². The molecule has 94 valence electrons. The molecule has 0 aromatic heterocycles. The summed E-state index contributed by atoms with van der Waals surface area (Å²) in [7, 11) is 2.22. The SMILES string of the molecule is CC(CCc1ccc(O)cc1)N(C)C1CNC1. The number of hydrogen-bond donors (Lipinski definition) is 2. The van der Waals surface area contributed by atoms with Crippen molar-refractivity contribution in [2.24, 2.45) is 0 Å². The maximum absolute atomic E-state index is 9.22. The molecule has 1 fully saturated rings. The van der Waals surface area contributed by atoms with E-state index >= 15 is 0 Å². The van der Waals surface area contributed by atoms with E-state index in [0.29, 0.717) is 17.8 Å². The van der Waals surface area contributed by atoms with Crippen LogP contribution >= 0.6 is 0 Å². The lowest BCUT2D eigenvalue weighted by Crippen LogP contribution is -2.58. The molecule has 17 heavy (non-hydrogen) atoms. The molecule has 0 saturated carbocycles. The van der Waals surface area contributed by atoms with Gasteiger partial charge in [-0.25, -0.2) is 0 Å². The third kappa shape index (κ3) is 3.20. The molecule has 1 aromatic carbocycles. The molecule has 1 aliphatic heterocycles. The van der Waals surface area contributed by atoms with Crippen LogP contribution in [-0.4, -0.2) is 42.2 Å². The van der Waals surface area contributed by atoms with Gasteiger partial charge < -0.3 is 10.4 Å². The van der Waals surface area contributed by atoms with Gasteiger partial charge in [-0.1, -0.05) is 12.1 Å². The molecule has 2 rings (SSSR count). The molecule has 0 aliphatic carbocycles. The van der Waals surface area contributed by atoms with Gasteiger partial charge in [0.25, 0.3) is 0 Å². The Bertz CT molecular complexity index is 346. The van der Waals surface area contributed by atoms with Crippen molar-refractivity contribution in [1.29, 1.82) is 0 Å². The van der Waals surface area contributed by atoms with Crippen LogP contribution in [0.3, 0.4) is 0 Å². The molecule has 0 amide bonds. The molecule has 1 aromatic rings. The summed E-state index contributed by atoms with van der Waals surface area (Å²) in [6, 6.07) is 8.86. The van der Waals surface area contributed by atoms with E-state index in [-0.39, 0.29) is 0 Å². The minimum Gasteiger partial charge on any atom is -0.508 e. The van der Waals surface area contributed by atoms with Crippen LogP contribution < -0.4 is 5.32 Å². The van der Waals surface area contributed by atoms with Gasteiger partial charge in [-0.15, -0.1) is 0 Å². The number of rotatable bonds is 5. The zero-order valence-electron chi connectivity index (χ0n) is 10.7. The van der Waals surface area contributed by atoms with Crippen LogP contribution in [0.1, 0.15) is 18.9 Å². The standard InChI is InChI=1S/C14H22N2O/c1-11(16(2)13-9-15-10-13)3-4-12-5-7-14(17)8-6-12/h5-8,11,13,15,17H,3-4,9-10H2,1-2H3. The number of nitrogens with one attached hydrogen (secondary N) is 1. The molecule has 0 bridgehead atoms. The van der Waals surface area contributed by atoms with E-state index in [1.54, 1.807) is 12.1 Å². The van der Waals surface area contributed by atoms with E-state index in [1.807, 2.05) is 12.1 Å². The first-order chi connectivity index (χ1) is 8.16. The number of phenolic OH excluding ortho intramolecular Hbond substituents is 1. The molecular formula is C14H22N2O. The minimum atomic E-state index is 0.347. The second-order valence-electron chi connectivity index (χ2n) is 5.03. The molecule has 2 N–H and O–H groups in total. The third-order valence-corrected chi connectivity index (χ3v) is 3.82. The molecule has 1 aliphatic rings. The molecular weight excluding hydrogens is 212 g/mol. The highest BCUT2D eigenvalue weighted by molar-refractivity contribution is 5.25. The Morgan fingerprint density at radius 3 is 2.53 bits per heavy atom. The highest BCUT2D eigenvalue weighted by Crippen LogP contribution is 2.15. The maximum atomic E-state index is 9.22. The second kappa shape index (κ2) is 5.52. The number of aromatic hydroxyl groups is 1. The molecule has 1 heterocycles. The Morgan fingerprint density at radius 2 is 2.00 bits per heavy atom. The summed E-state index contributed by atoms with van der Waals surface area (Å²) < 4.78 is 0. The number of benzene rings is 1. The Hall–Kier alpha value is -1.06. The lowest BCUT2D eigenvalue weighted by molar-refractivity contribution is 0.131. The highest BCUT2D eigenvalue weighted by Gasteiger charge is 2.24. The highest BCUT2D eigenvalue weighted by atomic mass is 16.3. The van der Waals surface area contributed by atoms with Crippen LogP contribution in [0.15, 0.2) is 24.3 Å². The zero-order valence-corrected chi connectivity index (χ0v) is 10.7. The first kappa shape index (κ1) is 12.4. The predicted octanol–water partition coefficient (Wildman–Crippen LogP) is 1.62. The fourth-order valence-corrected chi connectivity index (χ4v) is 2.16. The van der Waals surface area contributed by atoms with E-state index < -0.39 is 0 Å². The van der Waals surface area contributed by atoms with Crippen molar-refractivity contribution in [1.82, 2.24) is 10.2 Å². The normalized spacial score (nSPS) is 18.1. The lowest BCUT2D eigenvalue weighted by atomic mass is 10.0. The number of aryl methyl sites for hydroxylation is 1. The molecule has 1 saturated heterocycles. The minimum absolute atomic E-state index is 0.347. The van der Waals surface area contributed by atoms with E-state index in [4.69, 9.17) is 0 Å². The summed E-state index contributed by atoms with van der Waals surface area (Å²) in [5, 5.41) is 12.5. The summed E-state index contributed by atoms with van der Waals surface area (Å²) in [5.74, 6) is 0.347. The maximum Gasteiger partial charge on any atom is 0.115 e. The fourth-order valence-electron chi connectivity index (χ4n) is 2.16. The van der Waals surface area contributed by atoms with E-state index in [9.17, 15) is 5.11 Å². The average molecular weight is 234 g/mol. The third-order valence-electron chi connectivity index (χ3n) is 3.82. The van der Waals surface area contributed by atoms with Gasteiger partial charge in [-0.2, -0.15) is 0 Å². The smallest absolute Gasteiger partial charge is 0.115 e. The Balaban J connectivity index is 1.78. The molecule has 3 heteroatoms. The van der Waals surface area contributed by atoms with Gasteiger partial charge in [0.15, 0.2) is 0 Å². The molecule has 1 unspecified atom stereocenters. The van der Waals surface area contributed by atoms with Gasteiger partial charge in [0.1, 0.15) is 5.75 Å². The van der Waals surface area contributed by atoms with Gasteiger partial charge in [-0.3, -0.25) is 4.90 Å². The first-order valence-corrected chi connectivity index (χ1v) is 6.37. The Labute approximate surface area is 103 Å². The topological polar surface area (TPSA) is 35.5 Å². The van der Waals surface area contributed by atoms with Crippen LogP contribution in [-0.2, 0) is 6.42 Å². The fraction of sp³-hybridized carbons (Fsp3) is 0.571. The number of hydrogen-bond acceptors (Lipinski definition) is 3. The summed E-state index contributed by atoms with van der Waals surface area (Å²) in [6.07, 6.45) is 2.24. The molecule has 0 spiro atoms. The lowest BCUT2D eigenvalue weighted by Gasteiger charge is -2.39. The van der Waals surface area contributed by atoms with E-state index in [1.165, 1.54) is 5.56 Å². The van der Waals surface area contributed by atoms with Crippen molar-refractivity contribution in [2.75, 3.05) is 20.1 Å². The molecule has 1 atom stereocenters. The van der Waals surface area contributed by atoms with Crippen molar-refractivity contribution >= 4 is 0 Å². The average Bonchev–Trinajstić information content (AvgIpc) is 2.25. The van der Waals surface area contributed by atoms with Crippen LogP contribution in [0, 0.1) is 0 Å². The quantitative estimate of drug-likeness (QED) is 0.812. The Kier molecular flexibility index (Phi) is 4.02. The van der Waals surface area contributed by atoms with Crippen LogP contribution in [0.2, 0.25) is 0 Å². The van der Waals surface area contributed by atoms with Crippen LogP contribution in [0.5, 0.6) is 5.75 Å². The van der Waals surface area contributed by atoms with Crippen LogP contribution in [0.25, 0.3) is 0 Å². The first-order valence-electron chi connectivity index (χ1n) is 6.37. The predicted molar refractivity (Wildman–Crippen MR) is 70.3 cm³/mol. The van der Waals surface area contributed by atoms with Crippen molar-refractivity contribution in [3.8, 4) is 5.75 Å². The number of nitrogens with zero attached hydrogens (tertiary/aromatic N) is 1.